The van der Waals surface area contributed by atoms with Gasteiger partial charge in [0.1, 0.15) is 11.4 Å². The zero-order valence-electron chi connectivity index (χ0n) is 14.1. The van der Waals surface area contributed by atoms with Gasteiger partial charge in [-0.3, -0.25) is 0 Å². The molecule has 134 valence electrons. The van der Waals surface area contributed by atoms with E-state index in [9.17, 15) is 18.0 Å². The summed E-state index contributed by atoms with van der Waals surface area (Å²) in [5, 5.41) is 0. The van der Waals surface area contributed by atoms with E-state index in [0.29, 0.717) is 16.7 Å². The van der Waals surface area contributed by atoms with Crippen molar-refractivity contribution >= 4 is 11.8 Å². The average Bonchev–Trinajstić information content (AvgIpc) is 2.52. The SMILES string of the molecule is Cc1cc(C(F)(F)F)ccc1-c1cnc(N)c(C(=O)OCC(C)C)c1. The Labute approximate surface area is 143 Å². The first-order valence-corrected chi connectivity index (χ1v) is 7.70. The van der Waals surface area contributed by atoms with Crippen LogP contribution in [0.3, 0.4) is 0 Å². The second kappa shape index (κ2) is 7.13. The molecule has 2 N–H and O–H groups in total. The number of carbonyl (C=O) groups is 1. The Kier molecular flexibility index (Phi) is 5.35. The van der Waals surface area contributed by atoms with Crippen molar-refractivity contribution in [1.29, 1.82) is 0 Å². The molecule has 0 unspecified atom stereocenters. The Bertz CT molecular complexity index is 786. The number of hydrogen-bond acceptors (Lipinski definition) is 4. The zero-order valence-corrected chi connectivity index (χ0v) is 14.1. The Balaban J connectivity index is 2.38. The summed E-state index contributed by atoms with van der Waals surface area (Å²) in [7, 11) is 0. The standard InChI is InChI=1S/C18H19F3N2O2/c1-10(2)9-25-17(24)15-7-12(8-23-16(15)22)14-5-4-13(6-11(14)3)18(19,20)21/h4-8,10H,9H2,1-3H3,(H2,22,23). The van der Waals surface area contributed by atoms with Crippen molar-refractivity contribution in [3.8, 4) is 11.1 Å². The molecule has 7 heteroatoms. The number of aromatic nitrogens is 1. The van der Waals surface area contributed by atoms with E-state index in [1.54, 1.807) is 6.92 Å². The Morgan fingerprint density at radius 3 is 2.52 bits per heavy atom. The summed E-state index contributed by atoms with van der Waals surface area (Å²) in [6.45, 7) is 5.60. The highest BCUT2D eigenvalue weighted by Crippen LogP contribution is 2.33. The van der Waals surface area contributed by atoms with Gasteiger partial charge in [0, 0.05) is 11.8 Å². The third kappa shape index (κ3) is 4.49. The normalized spacial score (nSPS) is 11.6. The van der Waals surface area contributed by atoms with Gasteiger partial charge in [-0.15, -0.1) is 0 Å². The predicted octanol–water partition coefficient (Wildman–Crippen LogP) is 4.47. The van der Waals surface area contributed by atoms with Gasteiger partial charge in [-0.1, -0.05) is 19.9 Å². The molecule has 25 heavy (non-hydrogen) atoms. The molecule has 0 atom stereocenters. The lowest BCUT2D eigenvalue weighted by atomic mass is 9.98. The minimum atomic E-state index is -4.41. The summed E-state index contributed by atoms with van der Waals surface area (Å²) >= 11 is 0. The van der Waals surface area contributed by atoms with Crippen LogP contribution in [-0.4, -0.2) is 17.6 Å². The maximum atomic E-state index is 12.8. The highest BCUT2D eigenvalue weighted by Gasteiger charge is 2.30. The molecule has 0 fully saturated rings. The van der Waals surface area contributed by atoms with E-state index < -0.39 is 17.7 Å². The van der Waals surface area contributed by atoms with Crippen LogP contribution in [0, 0.1) is 12.8 Å². The van der Waals surface area contributed by atoms with Crippen LogP contribution in [0.5, 0.6) is 0 Å². The molecule has 1 aromatic carbocycles. The topological polar surface area (TPSA) is 65.2 Å². The molecule has 0 aliphatic heterocycles. The highest BCUT2D eigenvalue weighted by atomic mass is 19.4. The Morgan fingerprint density at radius 1 is 1.28 bits per heavy atom. The van der Waals surface area contributed by atoms with Gasteiger partial charge >= 0.3 is 12.1 Å². The second-order valence-electron chi connectivity index (χ2n) is 6.18. The molecule has 0 aliphatic carbocycles. The molecular weight excluding hydrogens is 333 g/mol. The molecule has 1 heterocycles. The average molecular weight is 352 g/mol. The van der Waals surface area contributed by atoms with Crippen LogP contribution in [-0.2, 0) is 10.9 Å². The van der Waals surface area contributed by atoms with Gasteiger partial charge in [0.05, 0.1) is 12.2 Å². The first kappa shape index (κ1) is 18.8. The summed E-state index contributed by atoms with van der Waals surface area (Å²) in [4.78, 5) is 16.1. The minimum Gasteiger partial charge on any atom is -0.462 e. The van der Waals surface area contributed by atoms with Gasteiger partial charge < -0.3 is 10.5 Å². The van der Waals surface area contributed by atoms with Gasteiger partial charge in [0.25, 0.3) is 0 Å². The quantitative estimate of drug-likeness (QED) is 0.825. The van der Waals surface area contributed by atoms with Crippen molar-refractivity contribution in [2.75, 3.05) is 12.3 Å². The molecule has 0 aliphatic rings. The number of aryl methyl sites for hydroxylation is 1. The molecule has 0 saturated carbocycles. The molecule has 2 aromatic rings. The van der Waals surface area contributed by atoms with Crippen molar-refractivity contribution in [3.63, 3.8) is 0 Å². The maximum Gasteiger partial charge on any atom is 0.416 e. The number of esters is 1. The van der Waals surface area contributed by atoms with Gasteiger partial charge in [-0.2, -0.15) is 13.2 Å². The van der Waals surface area contributed by atoms with Crippen molar-refractivity contribution in [2.24, 2.45) is 5.92 Å². The van der Waals surface area contributed by atoms with E-state index in [-0.39, 0.29) is 23.9 Å². The van der Waals surface area contributed by atoms with E-state index in [0.717, 1.165) is 12.1 Å². The molecule has 1 aromatic heterocycles. The Morgan fingerprint density at radius 2 is 1.96 bits per heavy atom. The summed E-state index contributed by atoms with van der Waals surface area (Å²) in [6.07, 6.45) is -2.99. The smallest absolute Gasteiger partial charge is 0.416 e. The zero-order chi connectivity index (χ0) is 18.8. The summed E-state index contributed by atoms with van der Waals surface area (Å²) in [5.41, 5.74) is 6.56. The number of anilines is 1. The van der Waals surface area contributed by atoms with Crippen LogP contribution in [0.4, 0.5) is 19.0 Å². The van der Waals surface area contributed by atoms with Crippen LogP contribution in [0.2, 0.25) is 0 Å². The van der Waals surface area contributed by atoms with E-state index in [4.69, 9.17) is 10.5 Å². The molecule has 0 bridgehead atoms. The predicted molar refractivity (Wildman–Crippen MR) is 88.9 cm³/mol. The fourth-order valence-electron chi connectivity index (χ4n) is 2.27. The third-order valence-electron chi connectivity index (χ3n) is 3.55. The Hall–Kier alpha value is -2.57. The number of hydrogen-bond donors (Lipinski definition) is 1. The lowest BCUT2D eigenvalue weighted by molar-refractivity contribution is -0.137. The summed E-state index contributed by atoms with van der Waals surface area (Å²) in [5.74, 6) is -0.425. The number of nitrogens with zero attached hydrogens (tertiary/aromatic N) is 1. The van der Waals surface area contributed by atoms with E-state index in [1.807, 2.05) is 13.8 Å². The number of alkyl halides is 3. The van der Waals surface area contributed by atoms with Gasteiger partial charge in [-0.25, -0.2) is 9.78 Å². The largest absolute Gasteiger partial charge is 0.462 e. The number of ether oxygens (including phenoxy) is 1. The number of halogens is 3. The molecule has 2 rings (SSSR count). The number of carbonyl (C=O) groups excluding carboxylic acids is 1. The highest BCUT2D eigenvalue weighted by molar-refractivity contribution is 5.95. The lowest BCUT2D eigenvalue weighted by Gasteiger charge is -2.13. The minimum absolute atomic E-state index is 0.0158. The van der Waals surface area contributed by atoms with Crippen LogP contribution >= 0.6 is 0 Å². The van der Waals surface area contributed by atoms with Crippen LogP contribution < -0.4 is 5.73 Å². The van der Waals surface area contributed by atoms with Gasteiger partial charge in [0.15, 0.2) is 0 Å². The van der Waals surface area contributed by atoms with E-state index in [2.05, 4.69) is 4.98 Å². The molecule has 0 amide bonds. The van der Waals surface area contributed by atoms with Crippen LogP contribution in [0.1, 0.15) is 35.3 Å². The lowest BCUT2D eigenvalue weighted by Crippen LogP contribution is -2.13. The number of nitrogen functional groups attached to an aromatic ring is 1. The van der Waals surface area contributed by atoms with Crippen molar-refractivity contribution in [2.45, 2.75) is 26.9 Å². The van der Waals surface area contributed by atoms with Crippen molar-refractivity contribution < 1.29 is 22.7 Å². The first-order chi connectivity index (χ1) is 11.6. The van der Waals surface area contributed by atoms with Crippen molar-refractivity contribution in [1.82, 2.24) is 4.98 Å². The number of pyridine rings is 1. The molecule has 0 saturated heterocycles. The van der Waals surface area contributed by atoms with E-state index in [1.165, 1.54) is 18.3 Å². The van der Waals surface area contributed by atoms with E-state index >= 15 is 0 Å². The summed E-state index contributed by atoms with van der Waals surface area (Å²) < 4.78 is 43.5. The second-order valence-corrected chi connectivity index (χ2v) is 6.18. The third-order valence-corrected chi connectivity index (χ3v) is 3.55. The monoisotopic (exact) mass is 352 g/mol. The molecule has 0 radical (unpaired) electrons. The number of rotatable bonds is 4. The molecule has 4 nitrogen and oxygen atoms in total. The fraction of sp³-hybridized carbons (Fsp3) is 0.333. The van der Waals surface area contributed by atoms with Crippen LogP contribution in [0.15, 0.2) is 30.5 Å². The first-order valence-electron chi connectivity index (χ1n) is 7.70. The molecule has 0 spiro atoms. The number of benzene rings is 1. The number of nitrogens with two attached hydrogens (primary N) is 1. The fourth-order valence-corrected chi connectivity index (χ4v) is 2.27. The van der Waals surface area contributed by atoms with Crippen molar-refractivity contribution in [3.05, 3.63) is 47.2 Å². The van der Waals surface area contributed by atoms with Gasteiger partial charge in [0.2, 0.25) is 0 Å². The van der Waals surface area contributed by atoms with Crippen LogP contribution in [0.25, 0.3) is 11.1 Å². The van der Waals surface area contributed by atoms with Gasteiger partial charge in [-0.05, 0) is 42.2 Å². The molecular formula is C18H19F3N2O2. The maximum absolute atomic E-state index is 12.8. The summed E-state index contributed by atoms with van der Waals surface area (Å²) in [6, 6.07) is 4.90.